The van der Waals surface area contributed by atoms with E-state index >= 15 is 0 Å². The average Bonchev–Trinajstić information content (AvgIpc) is 2.38. The van der Waals surface area contributed by atoms with Crippen LogP contribution in [0.4, 0.5) is 0 Å². The van der Waals surface area contributed by atoms with E-state index < -0.39 is 10.0 Å². The molecular formula is C13H16BrCl2NO2S. The summed E-state index contributed by atoms with van der Waals surface area (Å²) in [4.78, 5) is 0.166. The highest BCUT2D eigenvalue weighted by molar-refractivity contribution is 9.10. The number of nitrogens with zero attached hydrogens (tertiary/aromatic N) is 1. The largest absolute Gasteiger partial charge is 0.244 e. The highest BCUT2D eigenvalue weighted by atomic mass is 79.9. The molecule has 1 aromatic carbocycles. The number of alkyl halides is 1. The smallest absolute Gasteiger partial charge is 0.207 e. The summed E-state index contributed by atoms with van der Waals surface area (Å²) in [5.41, 5.74) is 0. The molecule has 1 aromatic rings. The summed E-state index contributed by atoms with van der Waals surface area (Å²) in [7, 11) is -3.52. The summed E-state index contributed by atoms with van der Waals surface area (Å²) in [5, 5.41) is 0.323. The van der Waals surface area contributed by atoms with Gasteiger partial charge < -0.3 is 0 Å². The van der Waals surface area contributed by atoms with Gasteiger partial charge in [-0.25, -0.2) is 8.42 Å². The lowest BCUT2D eigenvalue weighted by atomic mass is 9.95. The third-order valence-electron chi connectivity index (χ3n) is 3.66. The Labute approximate surface area is 138 Å². The molecule has 3 nitrogen and oxygen atoms in total. The number of sulfonamides is 1. The van der Waals surface area contributed by atoms with E-state index in [1.807, 2.05) is 6.92 Å². The topological polar surface area (TPSA) is 37.4 Å². The summed E-state index contributed by atoms with van der Waals surface area (Å²) >= 11 is 15.4. The molecule has 2 rings (SSSR count). The highest BCUT2D eigenvalue weighted by Crippen LogP contribution is 2.31. The predicted molar refractivity (Wildman–Crippen MR) is 85.9 cm³/mol. The van der Waals surface area contributed by atoms with Crippen LogP contribution in [-0.4, -0.2) is 31.2 Å². The predicted octanol–water partition coefficient (Wildman–Crippen LogP) is 4.13. The van der Waals surface area contributed by atoms with Gasteiger partial charge in [-0.15, -0.1) is 11.6 Å². The Kier molecular flexibility index (Phi) is 5.40. The minimum Gasteiger partial charge on any atom is -0.207 e. The second kappa shape index (κ2) is 6.53. The van der Waals surface area contributed by atoms with Gasteiger partial charge in [-0.2, -0.15) is 4.31 Å². The maximum atomic E-state index is 12.6. The van der Waals surface area contributed by atoms with Gasteiger partial charge in [0, 0.05) is 22.9 Å². The van der Waals surface area contributed by atoms with Crippen molar-refractivity contribution >= 4 is 49.2 Å². The first-order valence-electron chi connectivity index (χ1n) is 6.41. The zero-order valence-electron chi connectivity index (χ0n) is 11.0. The molecule has 1 atom stereocenters. The normalized spacial score (nSPS) is 20.0. The minimum absolute atomic E-state index is 0.0797. The number of rotatable bonds is 3. The van der Waals surface area contributed by atoms with Crippen LogP contribution < -0.4 is 0 Å². The van der Waals surface area contributed by atoms with Gasteiger partial charge in [0.2, 0.25) is 10.0 Å². The zero-order valence-corrected chi connectivity index (χ0v) is 14.9. The third-order valence-corrected chi connectivity index (χ3v) is 6.89. The lowest BCUT2D eigenvalue weighted by Crippen LogP contribution is -2.40. The Morgan fingerprint density at radius 1 is 1.35 bits per heavy atom. The third kappa shape index (κ3) is 3.50. The SMILES string of the molecule is CC(Cl)C1CCN(S(=O)(=O)c2ccc(Br)cc2Cl)CC1. The van der Waals surface area contributed by atoms with Crippen LogP contribution in [0.3, 0.4) is 0 Å². The highest BCUT2D eigenvalue weighted by Gasteiger charge is 2.32. The van der Waals surface area contributed by atoms with Gasteiger partial charge in [-0.3, -0.25) is 0 Å². The van der Waals surface area contributed by atoms with Crippen molar-refractivity contribution < 1.29 is 8.42 Å². The number of hydrogen-bond donors (Lipinski definition) is 0. The summed E-state index contributed by atoms with van der Waals surface area (Å²) in [6.45, 7) is 2.95. The first-order chi connectivity index (χ1) is 9.32. The van der Waals surface area contributed by atoms with Crippen molar-refractivity contribution in [2.45, 2.75) is 30.0 Å². The molecule has 1 saturated heterocycles. The molecule has 0 bridgehead atoms. The van der Waals surface area contributed by atoms with Gasteiger partial charge in [0.25, 0.3) is 0 Å². The summed E-state index contributed by atoms with van der Waals surface area (Å²) < 4.78 is 27.4. The maximum Gasteiger partial charge on any atom is 0.244 e. The van der Waals surface area contributed by atoms with Crippen molar-refractivity contribution in [1.29, 1.82) is 0 Å². The molecule has 1 aliphatic rings. The van der Waals surface area contributed by atoms with Crippen molar-refractivity contribution in [2.75, 3.05) is 13.1 Å². The Hall–Kier alpha value is 0.190. The van der Waals surface area contributed by atoms with Crippen LogP contribution in [0.5, 0.6) is 0 Å². The van der Waals surface area contributed by atoms with Gasteiger partial charge in [-0.05, 0) is 43.9 Å². The fourth-order valence-electron chi connectivity index (χ4n) is 2.40. The molecule has 0 radical (unpaired) electrons. The van der Waals surface area contributed by atoms with Crippen LogP contribution in [0.1, 0.15) is 19.8 Å². The summed E-state index contributed by atoms with van der Waals surface area (Å²) in [6, 6.07) is 4.83. The first-order valence-corrected chi connectivity index (χ1v) is 9.46. The Balaban J connectivity index is 2.20. The lowest BCUT2D eigenvalue weighted by molar-refractivity contribution is 0.271. The molecule has 7 heteroatoms. The second-order valence-corrected chi connectivity index (χ2v) is 8.91. The van der Waals surface area contributed by atoms with Gasteiger partial charge in [0.1, 0.15) is 4.90 Å². The van der Waals surface area contributed by atoms with E-state index in [9.17, 15) is 8.42 Å². The number of halogens is 3. The molecule has 0 aromatic heterocycles. The zero-order chi connectivity index (χ0) is 14.9. The molecule has 1 heterocycles. The van der Waals surface area contributed by atoms with Crippen molar-refractivity contribution in [2.24, 2.45) is 5.92 Å². The number of hydrogen-bond acceptors (Lipinski definition) is 2. The molecule has 0 spiro atoms. The van der Waals surface area contributed by atoms with Crippen molar-refractivity contribution in [1.82, 2.24) is 4.31 Å². The fourth-order valence-corrected chi connectivity index (χ4v) is 5.13. The number of benzene rings is 1. The average molecular weight is 401 g/mol. The van der Waals surface area contributed by atoms with Gasteiger partial charge in [0.15, 0.2) is 0 Å². The Morgan fingerprint density at radius 3 is 2.45 bits per heavy atom. The molecular weight excluding hydrogens is 385 g/mol. The summed E-state index contributed by atoms with van der Waals surface area (Å²) in [5.74, 6) is 0.378. The molecule has 1 aliphatic heterocycles. The van der Waals surface area contributed by atoms with Crippen LogP contribution in [0.15, 0.2) is 27.6 Å². The lowest BCUT2D eigenvalue weighted by Gasteiger charge is -2.32. The summed E-state index contributed by atoms with van der Waals surface area (Å²) in [6.07, 6.45) is 1.58. The van der Waals surface area contributed by atoms with Crippen LogP contribution in [-0.2, 0) is 10.0 Å². The van der Waals surface area contributed by atoms with Crippen LogP contribution in [0, 0.1) is 5.92 Å². The Bertz CT molecular complexity index is 584. The van der Waals surface area contributed by atoms with E-state index in [-0.39, 0.29) is 15.3 Å². The molecule has 20 heavy (non-hydrogen) atoms. The minimum atomic E-state index is -3.52. The van der Waals surface area contributed by atoms with E-state index in [2.05, 4.69) is 15.9 Å². The van der Waals surface area contributed by atoms with Crippen molar-refractivity contribution in [3.63, 3.8) is 0 Å². The van der Waals surface area contributed by atoms with Crippen LogP contribution in [0.2, 0.25) is 5.02 Å². The fraction of sp³-hybridized carbons (Fsp3) is 0.538. The van der Waals surface area contributed by atoms with E-state index in [1.165, 1.54) is 10.4 Å². The monoisotopic (exact) mass is 399 g/mol. The second-order valence-electron chi connectivity index (χ2n) is 4.99. The van der Waals surface area contributed by atoms with E-state index in [1.54, 1.807) is 12.1 Å². The van der Waals surface area contributed by atoms with E-state index in [4.69, 9.17) is 23.2 Å². The molecule has 112 valence electrons. The molecule has 1 unspecified atom stereocenters. The maximum absolute atomic E-state index is 12.6. The van der Waals surface area contributed by atoms with Crippen molar-refractivity contribution in [3.8, 4) is 0 Å². The van der Waals surface area contributed by atoms with E-state index in [0.717, 1.165) is 17.3 Å². The number of piperidine rings is 1. The van der Waals surface area contributed by atoms with Gasteiger partial charge >= 0.3 is 0 Å². The molecule has 1 fully saturated rings. The van der Waals surface area contributed by atoms with Crippen LogP contribution in [0.25, 0.3) is 0 Å². The molecule has 0 saturated carbocycles. The molecule has 0 N–H and O–H groups in total. The quantitative estimate of drug-likeness (QED) is 0.715. The molecule has 0 aliphatic carbocycles. The molecule has 0 amide bonds. The van der Waals surface area contributed by atoms with Crippen molar-refractivity contribution in [3.05, 3.63) is 27.7 Å². The van der Waals surface area contributed by atoms with E-state index in [0.29, 0.717) is 19.0 Å². The van der Waals surface area contributed by atoms with Crippen LogP contribution >= 0.6 is 39.1 Å². The Morgan fingerprint density at radius 2 is 1.95 bits per heavy atom. The standard InChI is InChI=1S/C13H16BrCl2NO2S/c1-9(15)10-4-6-17(7-5-10)20(18,19)13-3-2-11(14)8-12(13)16/h2-3,8-10H,4-7H2,1H3. The first kappa shape index (κ1) is 16.6. The van der Waals surface area contributed by atoms with Gasteiger partial charge in [-0.1, -0.05) is 27.5 Å². The van der Waals surface area contributed by atoms with Gasteiger partial charge in [0.05, 0.1) is 5.02 Å².